The Morgan fingerprint density at radius 1 is 0.182 bits per heavy atom. The summed E-state index contributed by atoms with van der Waals surface area (Å²) in [5.41, 5.74) is -0.588. The Bertz CT molecular complexity index is 6370. The zero-order valence-electron chi connectivity index (χ0n) is 80.3. The molecule has 0 aromatic heterocycles. The summed E-state index contributed by atoms with van der Waals surface area (Å²) in [5, 5.41) is 0. The maximum atomic E-state index is 15.5. The number of carbonyl (C=O) groups excluding carboxylic acids is 12. The highest BCUT2D eigenvalue weighted by atomic mass is 16.8. The second kappa shape index (κ2) is 52.1. The number of esters is 12. The van der Waals surface area contributed by atoms with E-state index >= 15 is 38.4 Å². The molecule has 0 amide bonds. The molecule has 12 aromatic rings. The van der Waals surface area contributed by atoms with E-state index in [1.807, 2.05) is 0 Å². The van der Waals surface area contributed by atoms with E-state index in [0.717, 1.165) is 25.7 Å². The molecule has 32 nitrogen and oxygen atoms in total. The number of hydrogen-bond donors (Lipinski definition) is 0. The number of hydrogen-bond acceptors (Lipinski definition) is 32. The van der Waals surface area contributed by atoms with Crippen molar-refractivity contribution in [2.24, 2.45) is 0 Å². The van der Waals surface area contributed by atoms with Crippen LogP contribution in [-0.4, -0.2) is 221 Å². The van der Waals surface area contributed by atoms with E-state index < -0.39 is 214 Å². The molecular formula is C116H106O32. The van der Waals surface area contributed by atoms with Crippen LogP contribution >= 0.6 is 0 Å². The fourth-order valence-corrected chi connectivity index (χ4v) is 17.0. The van der Waals surface area contributed by atoms with Crippen LogP contribution in [0.5, 0.6) is 0 Å². The molecule has 0 saturated carbocycles. The van der Waals surface area contributed by atoms with Gasteiger partial charge in [-0.25, -0.2) is 57.5 Å². The third-order valence-corrected chi connectivity index (χ3v) is 24.6. The van der Waals surface area contributed by atoms with Gasteiger partial charge in [0, 0.05) is 6.61 Å². The van der Waals surface area contributed by atoms with Gasteiger partial charge < -0.3 is 94.7 Å². The molecule has 0 radical (unpaired) electrons. The second-order valence-corrected chi connectivity index (χ2v) is 34.8. The molecule has 32 heteroatoms. The fourth-order valence-electron chi connectivity index (χ4n) is 17.0. The van der Waals surface area contributed by atoms with Crippen molar-refractivity contribution in [3.8, 4) is 0 Å². The Morgan fingerprint density at radius 2 is 0.338 bits per heavy atom. The zero-order valence-corrected chi connectivity index (χ0v) is 80.3. The highest BCUT2D eigenvalue weighted by Gasteiger charge is 2.60. The first-order valence-electron chi connectivity index (χ1n) is 48.5. The van der Waals surface area contributed by atoms with Gasteiger partial charge in [0.25, 0.3) is 0 Å². The molecule has 4 heterocycles. The number of unbranched alkanes of at least 4 members (excludes halogenated alkanes) is 5. The Labute approximate surface area is 851 Å². The van der Waals surface area contributed by atoms with E-state index in [9.17, 15) is 19.2 Å². The lowest BCUT2D eigenvalue weighted by Crippen LogP contribution is -2.66. The fraction of sp³-hybridized carbons (Fsp3) is 0.276. The van der Waals surface area contributed by atoms with Gasteiger partial charge in [0.15, 0.2) is 98.4 Å². The molecule has 0 aliphatic carbocycles. The van der Waals surface area contributed by atoms with Crippen LogP contribution in [-0.2, 0) is 94.7 Å². The topological polar surface area (TPSA) is 389 Å². The molecule has 4 aliphatic heterocycles. The lowest BCUT2D eigenvalue weighted by Gasteiger charge is -2.47. The van der Waals surface area contributed by atoms with Gasteiger partial charge in [-0.2, -0.15) is 0 Å². The van der Waals surface area contributed by atoms with Gasteiger partial charge in [-0.05, 0) is 159 Å². The van der Waals surface area contributed by atoms with E-state index in [4.69, 9.17) is 94.7 Å². The van der Waals surface area contributed by atoms with Crippen LogP contribution in [0.15, 0.2) is 364 Å². The molecular weight excluding hydrogens is 1910 g/mol. The number of ether oxygens (including phenoxy) is 20. The summed E-state index contributed by atoms with van der Waals surface area (Å²) in [7, 11) is 0. The summed E-state index contributed by atoms with van der Waals surface area (Å²) < 4.78 is 134. The van der Waals surface area contributed by atoms with E-state index in [0.29, 0.717) is 12.8 Å². The molecule has 20 atom stereocenters. The Kier molecular flexibility index (Phi) is 36.9. The lowest BCUT2D eigenvalue weighted by atomic mass is 9.96. The summed E-state index contributed by atoms with van der Waals surface area (Å²) in [6, 6.07) is 91.4. The van der Waals surface area contributed by atoms with Crippen LogP contribution in [0.1, 0.15) is 177 Å². The first kappa shape index (κ1) is 105. The summed E-state index contributed by atoms with van der Waals surface area (Å²) in [5.74, 6) is -12.7. The summed E-state index contributed by atoms with van der Waals surface area (Å²) in [6.45, 7) is 0.466. The second-order valence-electron chi connectivity index (χ2n) is 34.8. The molecule has 0 spiro atoms. The van der Waals surface area contributed by atoms with Crippen molar-refractivity contribution in [2.75, 3.05) is 26.4 Å². The number of rotatable bonds is 41. The molecule has 16 rings (SSSR count). The largest absolute Gasteiger partial charge is 0.452 e. The smallest absolute Gasteiger partial charge is 0.338 e. The minimum atomic E-state index is -2.27. The van der Waals surface area contributed by atoms with Crippen LogP contribution in [0.4, 0.5) is 0 Å². The predicted molar refractivity (Wildman–Crippen MR) is 525 cm³/mol. The standard InChI is InChI=1S/C116H106O32/c1-3-4-5-6-7-44-69-129-113-98(146-110(126)83-63-38-17-39-64-83)94(142-106(122)79-55-30-13-31-56-79)90(138-102(118)75-47-22-9-23-48-75)86(134-113)71-131-115-100(148-112(128)85-67-42-19-43-68-85)96(144-108(124)81-59-34-15-35-60-81)92(140-104(120)77-51-26-11-27-52-77)88(136-115)72-132-116-99(147-111(127)84-65-40-18-41-66-84)95(143-107(123)80-57-32-14-33-58-80)91(139-103(119)76-49-24-10-25-50-76)87(135-116)70-130-114-97(145-109(125)82-61-36-16-37-62-82)93(141-105(121)78-53-28-12-29-54-78)89(73(2)133-114)137-101(117)74-45-20-8-21-46-74/h8-43,45-68,73,86-100,113-116H,3-7,44,69-72H2,1-2H3/t73-,86-,87-,88-,89-,90-,91-,92-,93+,94+,95+,96+,97+,98+,99+,100+,113+,114+,115+,116+/m1/s1. The van der Waals surface area contributed by atoms with Gasteiger partial charge in [0.2, 0.25) is 0 Å². The summed E-state index contributed by atoms with van der Waals surface area (Å²) in [4.78, 5) is 182. The zero-order chi connectivity index (χ0) is 103. The van der Waals surface area contributed by atoms with E-state index in [1.54, 1.807) is 146 Å². The Hall–Kier alpha value is -16.0. The van der Waals surface area contributed by atoms with Crippen LogP contribution < -0.4 is 0 Å². The molecule has 0 N–H and O–H groups in total. The van der Waals surface area contributed by atoms with Crippen LogP contribution in [0.25, 0.3) is 0 Å². The van der Waals surface area contributed by atoms with Gasteiger partial charge in [0.05, 0.1) is 92.7 Å². The average Bonchev–Trinajstić information content (AvgIpc) is 0.771. The highest BCUT2D eigenvalue weighted by Crippen LogP contribution is 2.40. The first-order valence-corrected chi connectivity index (χ1v) is 48.5. The molecule has 12 aromatic carbocycles. The number of carbonyl (C=O) groups is 12. The predicted octanol–water partition coefficient (Wildman–Crippen LogP) is 17.0. The van der Waals surface area contributed by atoms with Crippen molar-refractivity contribution in [1.29, 1.82) is 0 Å². The normalized spacial score (nSPS) is 23.4. The maximum absolute atomic E-state index is 15.5. The van der Waals surface area contributed by atoms with Gasteiger partial charge >= 0.3 is 71.6 Å². The summed E-state index contributed by atoms with van der Waals surface area (Å²) >= 11 is 0. The number of benzene rings is 12. The molecule has 4 fully saturated rings. The molecule has 4 saturated heterocycles. The highest BCUT2D eigenvalue weighted by molar-refractivity contribution is 5.96. The average molecular weight is 2010 g/mol. The maximum Gasteiger partial charge on any atom is 0.338 e. The van der Waals surface area contributed by atoms with E-state index in [-0.39, 0.29) is 73.4 Å². The van der Waals surface area contributed by atoms with Crippen molar-refractivity contribution in [1.82, 2.24) is 0 Å². The Morgan fingerprint density at radius 3 is 0.541 bits per heavy atom. The monoisotopic (exact) mass is 2010 g/mol. The van der Waals surface area contributed by atoms with Crippen molar-refractivity contribution in [3.05, 3.63) is 431 Å². The van der Waals surface area contributed by atoms with Crippen LogP contribution in [0.3, 0.4) is 0 Å². The molecule has 762 valence electrons. The third kappa shape index (κ3) is 27.6. The van der Waals surface area contributed by atoms with E-state index in [1.165, 1.54) is 225 Å². The van der Waals surface area contributed by atoms with Gasteiger partial charge in [-0.3, -0.25) is 0 Å². The quantitative estimate of drug-likeness (QED) is 0.0195. The lowest BCUT2D eigenvalue weighted by molar-refractivity contribution is -0.344. The molecule has 4 aliphatic rings. The Balaban J connectivity index is 0.844. The van der Waals surface area contributed by atoms with Crippen molar-refractivity contribution >= 4 is 71.6 Å². The molecule has 0 bridgehead atoms. The van der Waals surface area contributed by atoms with Crippen molar-refractivity contribution in [3.63, 3.8) is 0 Å². The molecule has 0 unspecified atom stereocenters. The summed E-state index contributed by atoms with van der Waals surface area (Å²) in [6.07, 6.45) is -34.6. The van der Waals surface area contributed by atoms with Gasteiger partial charge in [-0.15, -0.1) is 0 Å². The van der Waals surface area contributed by atoms with Gasteiger partial charge in [0.1, 0.15) is 18.3 Å². The first-order chi connectivity index (χ1) is 72.3. The van der Waals surface area contributed by atoms with Crippen LogP contribution in [0, 0.1) is 0 Å². The molecule has 148 heavy (non-hydrogen) atoms. The van der Waals surface area contributed by atoms with Gasteiger partial charge in [-0.1, -0.05) is 257 Å². The minimum absolute atomic E-state index is 0.00334. The van der Waals surface area contributed by atoms with Crippen molar-refractivity contribution in [2.45, 2.75) is 175 Å². The SMILES string of the molecule is CCCCCCCCO[C@H]1O[C@H](CO[C@H]2O[C@H](CO[C@H]3O[C@H](CO[C@H]4O[C@H](C)[C@@H](OC(=O)c5ccccc5)[C@H](OC(=O)c5ccccc5)[C@@H]4OC(=O)c4ccccc4)[C@@H](OC(=O)c4ccccc4)[C@H](OC(=O)c4ccccc4)[C@@H]3OC(=O)c3ccccc3)[C@@H](OC(=O)c3ccccc3)[C@H](OC(=O)c3ccccc3)[C@@H]2OC(=O)c2ccccc2)[C@@H](OC(=O)c2ccccc2)[C@H](OC(=O)c2ccccc2)[C@@H]1OC(=O)c1ccccc1. The third-order valence-electron chi connectivity index (χ3n) is 24.6. The van der Waals surface area contributed by atoms with Crippen LogP contribution in [0.2, 0.25) is 0 Å². The van der Waals surface area contributed by atoms with Crippen molar-refractivity contribution < 1.29 is 152 Å². The van der Waals surface area contributed by atoms with E-state index in [2.05, 4.69) is 6.92 Å². The minimum Gasteiger partial charge on any atom is -0.452 e.